The molecule has 3 aromatic heterocycles. The average Bonchev–Trinajstić information content (AvgIpc) is 3.62. The van der Waals surface area contributed by atoms with E-state index in [0.29, 0.717) is 37.8 Å². The molecule has 13 heteroatoms. The summed E-state index contributed by atoms with van der Waals surface area (Å²) in [4.78, 5) is 40.1. The maximum Gasteiger partial charge on any atom is 0.256 e. The van der Waals surface area contributed by atoms with Crippen molar-refractivity contribution in [3.63, 3.8) is 0 Å². The van der Waals surface area contributed by atoms with Gasteiger partial charge in [0.1, 0.15) is 5.82 Å². The lowest BCUT2D eigenvalue weighted by Gasteiger charge is -2.31. The van der Waals surface area contributed by atoms with E-state index in [1.165, 1.54) is 24.5 Å². The minimum atomic E-state index is -0.677. The maximum atomic E-state index is 15.7. The Hall–Kier alpha value is -5.24. The number of amides is 2. The molecule has 0 aliphatic carbocycles. The van der Waals surface area contributed by atoms with Gasteiger partial charge < -0.3 is 26.0 Å². The van der Waals surface area contributed by atoms with E-state index in [2.05, 4.69) is 51.6 Å². The quantitative estimate of drug-likeness (QED) is 0.142. The predicted octanol–water partition coefficient (Wildman–Crippen LogP) is 5.54. The van der Waals surface area contributed by atoms with Crippen molar-refractivity contribution in [2.24, 2.45) is 5.73 Å². The van der Waals surface area contributed by atoms with E-state index in [1.54, 1.807) is 11.0 Å². The Labute approximate surface area is 321 Å². The number of carbonyl (C=O) groups is 2. The summed E-state index contributed by atoms with van der Waals surface area (Å²) in [6, 6.07) is 15.1. The van der Waals surface area contributed by atoms with Crippen LogP contribution in [0.1, 0.15) is 76.7 Å². The van der Waals surface area contributed by atoms with Gasteiger partial charge in [0, 0.05) is 93.8 Å². The first-order valence-electron chi connectivity index (χ1n) is 19.3. The van der Waals surface area contributed by atoms with Gasteiger partial charge in [0.15, 0.2) is 5.65 Å². The van der Waals surface area contributed by atoms with Crippen molar-refractivity contribution in [2.45, 2.75) is 78.3 Å². The third kappa shape index (κ3) is 8.69. The van der Waals surface area contributed by atoms with Crippen molar-refractivity contribution in [2.75, 3.05) is 38.2 Å². The maximum absolute atomic E-state index is 15.7. The lowest BCUT2D eigenvalue weighted by atomic mass is 9.99. The molecule has 1 atom stereocenters. The lowest BCUT2D eigenvalue weighted by Crippen LogP contribution is -2.48. The van der Waals surface area contributed by atoms with Gasteiger partial charge in [-0.2, -0.15) is 5.10 Å². The monoisotopic (exact) mass is 747 g/mol. The average molecular weight is 748 g/mol. The minimum Gasteiger partial charge on any atom is -0.381 e. The van der Waals surface area contributed by atoms with Crippen LogP contribution >= 0.6 is 0 Å². The first-order valence-corrected chi connectivity index (χ1v) is 19.3. The summed E-state index contributed by atoms with van der Waals surface area (Å²) in [7, 11) is 0. The normalized spacial score (nSPS) is 16.7. The third-order valence-corrected chi connectivity index (χ3v) is 10.6. The molecule has 12 nitrogen and oxygen atoms in total. The number of aryl methyl sites for hydroxylation is 2. The Kier molecular flexibility index (Phi) is 11.8. The molecule has 0 saturated carbocycles. The number of nitrogens with two attached hydrogens (primary N) is 1. The van der Waals surface area contributed by atoms with E-state index in [4.69, 9.17) is 15.5 Å². The standard InChI is InChI=1S/C42H50FN9O3/c1-4-38-36(39(48-33-11-15-55-16-12-33)35-22-47-52(5-2)41(35)49-38)26-51(42(54)32-19-31(40(44)53)20-45-21-32)25-29-9-10-37(43)34(18-29)30-8-6-7-28(17-30)24-50-14-13-46-27(3)23-50/h6-10,17-22,27,33,46H,4-5,11-16,23-26H2,1-3H3,(H2,44,53)(H,48,49)/t27-/m0/s1. The second-order valence-electron chi connectivity index (χ2n) is 14.6. The highest BCUT2D eigenvalue weighted by Gasteiger charge is 2.26. The van der Waals surface area contributed by atoms with Gasteiger partial charge in [-0.05, 0) is 74.1 Å². The molecule has 5 aromatic rings. The molecular weight excluding hydrogens is 698 g/mol. The summed E-state index contributed by atoms with van der Waals surface area (Å²) in [5.41, 5.74) is 12.4. The van der Waals surface area contributed by atoms with Crippen LogP contribution < -0.4 is 16.4 Å². The van der Waals surface area contributed by atoms with Crippen molar-refractivity contribution in [3.05, 3.63) is 106 Å². The fourth-order valence-electron chi connectivity index (χ4n) is 7.71. The minimum absolute atomic E-state index is 0.135. The Morgan fingerprint density at radius 2 is 1.85 bits per heavy atom. The van der Waals surface area contributed by atoms with Crippen LogP contribution in [0.2, 0.25) is 0 Å². The van der Waals surface area contributed by atoms with Crippen LogP contribution in [-0.2, 0) is 37.3 Å². The van der Waals surface area contributed by atoms with Crippen molar-refractivity contribution in [3.8, 4) is 11.1 Å². The van der Waals surface area contributed by atoms with E-state index >= 15 is 4.39 Å². The molecule has 2 saturated heterocycles. The number of benzene rings is 2. The number of nitrogens with one attached hydrogen (secondary N) is 2. The largest absolute Gasteiger partial charge is 0.381 e. The van der Waals surface area contributed by atoms with Gasteiger partial charge in [-0.25, -0.2) is 14.1 Å². The first-order chi connectivity index (χ1) is 26.7. The molecule has 2 amide bonds. The number of carbonyl (C=O) groups excluding carboxylic acids is 2. The number of halogens is 1. The molecule has 7 rings (SSSR count). The second-order valence-corrected chi connectivity index (χ2v) is 14.6. The van der Waals surface area contributed by atoms with Crippen LogP contribution in [-0.4, -0.2) is 86.3 Å². The summed E-state index contributed by atoms with van der Waals surface area (Å²) in [6.45, 7) is 12.2. The number of nitrogens with zero attached hydrogens (tertiary/aromatic N) is 6. The van der Waals surface area contributed by atoms with Gasteiger partial charge in [0.25, 0.3) is 5.91 Å². The highest BCUT2D eigenvalue weighted by atomic mass is 19.1. The third-order valence-electron chi connectivity index (χ3n) is 10.6. The molecule has 288 valence electrons. The SMILES string of the molecule is CCc1nc2c(cnn2CC)c(NC2CCOCC2)c1CN(Cc1ccc(F)c(-c2cccc(CN3CCN[C@@H](C)C3)c2)c1)C(=O)c1cncc(C(N)=O)c1. The van der Waals surface area contributed by atoms with Gasteiger partial charge in [-0.3, -0.25) is 19.5 Å². The number of primary amides is 1. The van der Waals surface area contributed by atoms with E-state index < -0.39 is 5.91 Å². The molecule has 0 unspecified atom stereocenters. The second kappa shape index (κ2) is 17.1. The van der Waals surface area contributed by atoms with Gasteiger partial charge in [-0.1, -0.05) is 31.2 Å². The van der Waals surface area contributed by atoms with Crippen LogP contribution in [0.15, 0.2) is 67.1 Å². The topological polar surface area (TPSA) is 144 Å². The molecule has 2 aliphatic rings. The molecule has 0 radical (unpaired) electrons. The molecule has 4 N–H and O–H groups in total. The molecule has 2 fully saturated rings. The number of aromatic nitrogens is 4. The number of pyridine rings is 2. The zero-order valence-corrected chi connectivity index (χ0v) is 31.9. The molecule has 2 aliphatic heterocycles. The zero-order valence-electron chi connectivity index (χ0n) is 31.9. The van der Waals surface area contributed by atoms with Crippen molar-refractivity contribution >= 4 is 28.5 Å². The Morgan fingerprint density at radius 1 is 1.04 bits per heavy atom. The highest BCUT2D eigenvalue weighted by molar-refractivity contribution is 5.99. The van der Waals surface area contributed by atoms with Crippen LogP contribution in [0, 0.1) is 5.82 Å². The molecule has 0 spiro atoms. The summed E-state index contributed by atoms with van der Waals surface area (Å²) >= 11 is 0. The Balaban J connectivity index is 1.27. The number of fused-ring (bicyclic) bond motifs is 1. The number of rotatable bonds is 13. The first kappa shape index (κ1) is 38.1. The molecule has 2 aromatic carbocycles. The van der Waals surface area contributed by atoms with Crippen LogP contribution in [0.4, 0.5) is 10.1 Å². The van der Waals surface area contributed by atoms with Crippen molar-refractivity contribution in [1.29, 1.82) is 0 Å². The molecule has 55 heavy (non-hydrogen) atoms. The number of piperazine rings is 1. The fraction of sp³-hybridized carbons (Fsp3) is 0.405. The fourth-order valence-corrected chi connectivity index (χ4v) is 7.71. The molecule has 0 bridgehead atoms. The lowest BCUT2D eigenvalue weighted by molar-refractivity contribution is 0.0729. The van der Waals surface area contributed by atoms with Crippen LogP contribution in [0.25, 0.3) is 22.2 Å². The van der Waals surface area contributed by atoms with Gasteiger partial charge in [0.05, 0.1) is 34.9 Å². The Morgan fingerprint density at radius 3 is 2.62 bits per heavy atom. The number of ether oxygens (including phenoxy) is 1. The van der Waals surface area contributed by atoms with Gasteiger partial charge in [0.2, 0.25) is 5.91 Å². The van der Waals surface area contributed by atoms with Crippen LogP contribution in [0.5, 0.6) is 0 Å². The number of anilines is 1. The summed E-state index contributed by atoms with van der Waals surface area (Å²) in [6.07, 6.45) is 6.93. The number of hydrogen-bond acceptors (Lipinski definition) is 9. The molecular formula is C42H50FN9O3. The van der Waals surface area contributed by atoms with E-state index in [1.807, 2.05) is 36.0 Å². The summed E-state index contributed by atoms with van der Waals surface area (Å²) in [5.74, 6) is -1.37. The van der Waals surface area contributed by atoms with Gasteiger partial charge >= 0.3 is 0 Å². The summed E-state index contributed by atoms with van der Waals surface area (Å²) < 4.78 is 23.2. The number of hydrogen-bond donors (Lipinski definition) is 3. The van der Waals surface area contributed by atoms with E-state index in [9.17, 15) is 9.59 Å². The zero-order chi connectivity index (χ0) is 38.5. The van der Waals surface area contributed by atoms with E-state index in [0.717, 1.165) is 83.7 Å². The summed E-state index contributed by atoms with van der Waals surface area (Å²) in [5, 5.41) is 12.8. The Bertz CT molecular complexity index is 2170. The smallest absolute Gasteiger partial charge is 0.256 e. The van der Waals surface area contributed by atoms with Crippen molar-refractivity contribution in [1.82, 2.24) is 34.9 Å². The molecule has 5 heterocycles. The van der Waals surface area contributed by atoms with Crippen molar-refractivity contribution < 1.29 is 18.7 Å². The van der Waals surface area contributed by atoms with Crippen LogP contribution in [0.3, 0.4) is 0 Å². The van der Waals surface area contributed by atoms with E-state index in [-0.39, 0.29) is 42.0 Å². The predicted molar refractivity (Wildman–Crippen MR) is 211 cm³/mol. The highest BCUT2D eigenvalue weighted by Crippen LogP contribution is 2.34. The van der Waals surface area contributed by atoms with Gasteiger partial charge in [-0.15, -0.1) is 0 Å².